The molecule has 1 amide bonds. The zero-order chi connectivity index (χ0) is 16.2. The minimum Gasteiger partial charge on any atom is -0.349 e. The second-order valence-electron chi connectivity index (χ2n) is 6.41. The van der Waals surface area contributed by atoms with Gasteiger partial charge in [0.1, 0.15) is 0 Å². The van der Waals surface area contributed by atoms with Gasteiger partial charge in [-0.25, -0.2) is 4.68 Å². The molecule has 1 fully saturated rings. The van der Waals surface area contributed by atoms with Gasteiger partial charge in [0, 0.05) is 38.3 Å². The van der Waals surface area contributed by atoms with E-state index in [-0.39, 0.29) is 11.8 Å². The van der Waals surface area contributed by atoms with E-state index in [9.17, 15) is 4.79 Å². The van der Waals surface area contributed by atoms with Crippen molar-refractivity contribution in [2.24, 2.45) is 5.92 Å². The van der Waals surface area contributed by atoms with E-state index >= 15 is 0 Å². The smallest absolute Gasteiger partial charge is 0.225 e. The SMILES string of the molecule is CN(C)C(=O)C1CCN(Cc2cnn(-c3ccccc3)c2)CC1. The Morgan fingerprint density at radius 3 is 2.57 bits per heavy atom. The second kappa shape index (κ2) is 6.96. The third-order valence-corrected chi connectivity index (χ3v) is 4.44. The summed E-state index contributed by atoms with van der Waals surface area (Å²) in [4.78, 5) is 16.1. The molecule has 0 saturated carbocycles. The van der Waals surface area contributed by atoms with Crippen LogP contribution >= 0.6 is 0 Å². The molecule has 2 heterocycles. The number of carbonyl (C=O) groups excluding carboxylic acids is 1. The summed E-state index contributed by atoms with van der Waals surface area (Å²) in [5, 5.41) is 4.45. The predicted molar refractivity (Wildman–Crippen MR) is 90.3 cm³/mol. The second-order valence-corrected chi connectivity index (χ2v) is 6.41. The zero-order valence-corrected chi connectivity index (χ0v) is 13.9. The minimum atomic E-state index is 0.188. The van der Waals surface area contributed by atoms with Crippen LogP contribution in [-0.4, -0.2) is 52.7 Å². The molecule has 23 heavy (non-hydrogen) atoms. The molecule has 0 unspecified atom stereocenters. The molecule has 1 aliphatic heterocycles. The maximum atomic E-state index is 12.0. The van der Waals surface area contributed by atoms with Crippen LogP contribution in [0.5, 0.6) is 0 Å². The van der Waals surface area contributed by atoms with Gasteiger partial charge in [-0.1, -0.05) is 18.2 Å². The summed E-state index contributed by atoms with van der Waals surface area (Å²) in [6, 6.07) is 10.1. The molecule has 5 heteroatoms. The van der Waals surface area contributed by atoms with Crippen molar-refractivity contribution in [2.45, 2.75) is 19.4 Å². The number of hydrogen-bond donors (Lipinski definition) is 0. The van der Waals surface area contributed by atoms with Crippen LogP contribution in [0, 0.1) is 5.92 Å². The summed E-state index contributed by atoms with van der Waals surface area (Å²) in [7, 11) is 3.68. The van der Waals surface area contributed by atoms with Crippen LogP contribution in [0.1, 0.15) is 18.4 Å². The highest BCUT2D eigenvalue weighted by Crippen LogP contribution is 2.20. The normalized spacial score (nSPS) is 16.4. The number of aromatic nitrogens is 2. The molecule has 2 aromatic rings. The lowest BCUT2D eigenvalue weighted by Gasteiger charge is -2.32. The highest BCUT2D eigenvalue weighted by Gasteiger charge is 2.26. The standard InChI is InChI=1S/C18H24N4O/c1-20(2)18(23)16-8-10-21(11-9-16)13-15-12-19-22(14-15)17-6-4-3-5-7-17/h3-7,12,14,16H,8-11,13H2,1-2H3. The Kier molecular flexibility index (Phi) is 4.76. The van der Waals surface area contributed by atoms with Crippen LogP contribution < -0.4 is 0 Å². The number of amides is 1. The largest absolute Gasteiger partial charge is 0.349 e. The number of para-hydroxylation sites is 1. The molecular formula is C18H24N4O. The lowest BCUT2D eigenvalue weighted by Crippen LogP contribution is -2.39. The molecule has 1 aromatic heterocycles. The third-order valence-electron chi connectivity index (χ3n) is 4.44. The van der Waals surface area contributed by atoms with Crippen LogP contribution in [0.25, 0.3) is 5.69 Å². The van der Waals surface area contributed by atoms with Crippen molar-refractivity contribution in [1.29, 1.82) is 0 Å². The first kappa shape index (κ1) is 15.7. The van der Waals surface area contributed by atoms with Crippen molar-refractivity contribution in [3.8, 4) is 5.69 Å². The molecule has 3 rings (SSSR count). The van der Waals surface area contributed by atoms with Gasteiger partial charge in [0.2, 0.25) is 5.91 Å². The molecule has 1 saturated heterocycles. The maximum absolute atomic E-state index is 12.0. The summed E-state index contributed by atoms with van der Waals surface area (Å²) in [6.45, 7) is 2.84. The van der Waals surface area contributed by atoms with E-state index in [1.165, 1.54) is 5.56 Å². The highest BCUT2D eigenvalue weighted by atomic mass is 16.2. The molecule has 0 bridgehead atoms. The summed E-state index contributed by atoms with van der Waals surface area (Å²) >= 11 is 0. The fourth-order valence-corrected chi connectivity index (χ4v) is 3.13. The Labute approximate surface area is 137 Å². The fourth-order valence-electron chi connectivity index (χ4n) is 3.13. The van der Waals surface area contributed by atoms with Crippen LogP contribution in [0.4, 0.5) is 0 Å². The number of rotatable bonds is 4. The van der Waals surface area contributed by atoms with Gasteiger partial charge in [-0.05, 0) is 38.1 Å². The van der Waals surface area contributed by atoms with Gasteiger partial charge < -0.3 is 4.90 Å². The van der Waals surface area contributed by atoms with Gasteiger partial charge in [-0.2, -0.15) is 5.10 Å². The van der Waals surface area contributed by atoms with Crippen LogP contribution in [0.15, 0.2) is 42.7 Å². The van der Waals surface area contributed by atoms with E-state index < -0.39 is 0 Å². The first-order valence-corrected chi connectivity index (χ1v) is 8.16. The Morgan fingerprint density at radius 1 is 1.22 bits per heavy atom. The summed E-state index contributed by atoms with van der Waals surface area (Å²) in [5.74, 6) is 0.454. The lowest BCUT2D eigenvalue weighted by molar-refractivity contribution is -0.134. The van der Waals surface area contributed by atoms with Crippen molar-refractivity contribution in [2.75, 3.05) is 27.2 Å². The number of hydrogen-bond acceptors (Lipinski definition) is 3. The lowest BCUT2D eigenvalue weighted by atomic mass is 9.95. The highest BCUT2D eigenvalue weighted by molar-refractivity contribution is 5.78. The van der Waals surface area contributed by atoms with E-state index in [1.54, 1.807) is 4.90 Å². The van der Waals surface area contributed by atoms with Gasteiger partial charge in [-0.3, -0.25) is 9.69 Å². The summed E-state index contributed by atoms with van der Waals surface area (Å²) in [5.41, 5.74) is 2.29. The molecule has 1 aliphatic rings. The van der Waals surface area contributed by atoms with Gasteiger partial charge in [0.05, 0.1) is 11.9 Å². The fraction of sp³-hybridized carbons (Fsp3) is 0.444. The molecule has 0 spiro atoms. The molecule has 5 nitrogen and oxygen atoms in total. The summed E-state index contributed by atoms with van der Waals surface area (Å²) < 4.78 is 1.91. The van der Waals surface area contributed by atoms with Gasteiger partial charge >= 0.3 is 0 Å². The van der Waals surface area contributed by atoms with Gasteiger partial charge in [0.15, 0.2) is 0 Å². The third kappa shape index (κ3) is 3.79. The molecular weight excluding hydrogens is 288 g/mol. The van der Waals surface area contributed by atoms with Crippen LogP contribution in [0.3, 0.4) is 0 Å². The van der Waals surface area contributed by atoms with Gasteiger partial charge in [0.25, 0.3) is 0 Å². The zero-order valence-electron chi connectivity index (χ0n) is 13.9. The molecule has 0 radical (unpaired) electrons. The molecule has 0 atom stereocenters. The predicted octanol–water partition coefficient (Wildman–Crippen LogP) is 2.17. The van der Waals surface area contributed by atoms with Crippen molar-refractivity contribution >= 4 is 5.91 Å². The van der Waals surface area contributed by atoms with Crippen LogP contribution in [0.2, 0.25) is 0 Å². The van der Waals surface area contributed by atoms with E-state index in [0.717, 1.165) is 38.2 Å². The Hall–Kier alpha value is -2.14. The summed E-state index contributed by atoms with van der Waals surface area (Å²) in [6.07, 6.45) is 5.92. The monoisotopic (exact) mass is 312 g/mol. The molecule has 1 aromatic carbocycles. The Bertz CT molecular complexity index is 642. The van der Waals surface area contributed by atoms with Gasteiger partial charge in [-0.15, -0.1) is 0 Å². The maximum Gasteiger partial charge on any atom is 0.225 e. The van der Waals surface area contributed by atoms with Crippen molar-refractivity contribution in [3.63, 3.8) is 0 Å². The van der Waals surface area contributed by atoms with E-state index in [1.807, 2.05) is 43.2 Å². The van der Waals surface area contributed by atoms with E-state index in [0.29, 0.717) is 0 Å². The van der Waals surface area contributed by atoms with Crippen molar-refractivity contribution < 1.29 is 4.79 Å². The average molecular weight is 312 g/mol. The first-order valence-electron chi connectivity index (χ1n) is 8.16. The number of piperidine rings is 1. The van der Waals surface area contributed by atoms with Crippen molar-refractivity contribution in [1.82, 2.24) is 19.6 Å². The number of benzene rings is 1. The van der Waals surface area contributed by atoms with E-state index in [4.69, 9.17) is 0 Å². The molecule has 122 valence electrons. The number of carbonyl (C=O) groups is 1. The van der Waals surface area contributed by atoms with E-state index in [2.05, 4.69) is 28.3 Å². The number of likely N-dealkylation sites (tertiary alicyclic amines) is 1. The first-order chi connectivity index (χ1) is 11.1. The Morgan fingerprint density at radius 2 is 1.91 bits per heavy atom. The van der Waals surface area contributed by atoms with Crippen molar-refractivity contribution in [3.05, 3.63) is 48.3 Å². The number of nitrogens with zero attached hydrogens (tertiary/aromatic N) is 4. The molecule has 0 aliphatic carbocycles. The average Bonchev–Trinajstić information content (AvgIpc) is 3.04. The topological polar surface area (TPSA) is 41.4 Å². The Balaban J connectivity index is 1.55. The quantitative estimate of drug-likeness (QED) is 0.869. The minimum absolute atomic E-state index is 0.188. The molecule has 0 N–H and O–H groups in total. The van der Waals surface area contributed by atoms with Crippen LogP contribution in [-0.2, 0) is 11.3 Å².